The Kier molecular flexibility index (Phi) is 11.0. The molecular formula is C16H27Cl2N3O2. The number of ether oxygens (including phenoxy) is 1. The number of nitrogens with zero attached hydrogens (tertiary/aromatic N) is 1. The summed E-state index contributed by atoms with van der Waals surface area (Å²) < 4.78 is 5.67. The highest BCUT2D eigenvalue weighted by atomic mass is 35.5. The predicted octanol–water partition coefficient (Wildman–Crippen LogP) is 2.55. The van der Waals surface area contributed by atoms with Gasteiger partial charge in [0.25, 0.3) is 0 Å². The number of rotatable bonds is 7. The van der Waals surface area contributed by atoms with Crippen LogP contribution in [0.3, 0.4) is 0 Å². The SMILES string of the molecule is CN(C)CCOc1cccc(NC(=O)CC2CCCN2)c1.Cl.Cl. The summed E-state index contributed by atoms with van der Waals surface area (Å²) in [4.78, 5) is 14.1. The number of benzene rings is 1. The Morgan fingerprint density at radius 1 is 1.39 bits per heavy atom. The second kappa shape index (κ2) is 11.5. The quantitative estimate of drug-likeness (QED) is 0.781. The average molecular weight is 364 g/mol. The molecule has 5 nitrogen and oxygen atoms in total. The lowest BCUT2D eigenvalue weighted by Crippen LogP contribution is -2.27. The van der Waals surface area contributed by atoms with E-state index in [1.54, 1.807) is 0 Å². The van der Waals surface area contributed by atoms with Crippen LogP contribution >= 0.6 is 24.8 Å². The van der Waals surface area contributed by atoms with Crippen molar-refractivity contribution in [3.63, 3.8) is 0 Å². The first-order valence-corrected chi connectivity index (χ1v) is 7.54. The summed E-state index contributed by atoms with van der Waals surface area (Å²) in [6.07, 6.45) is 2.78. The van der Waals surface area contributed by atoms with Crippen LogP contribution in [0.5, 0.6) is 5.75 Å². The Morgan fingerprint density at radius 3 is 2.83 bits per heavy atom. The van der Waals surface area contributed by atoms with E-state index in [0.717, 1.165) is 37.4 Å². The first-order chi connectivity index (χ1) is 10.1. The van der Waals surface area contributed by atoms with Gasteiger partial charge in [-0.25, -0.2) is 0 Å². The van der Waals surface area contributed by atoms with Gasteiger partial charge in [0.1, 0.15) is 12.4 Å². The molecule has 0 radical (unpaired) electrons. The second-order valence-corrected chi connectivity index (χ2v) is 5.73. The standard InChI is InChI=1S/C16H25N3O2.2ClH/c1-19(2)9-10-21-15-7-3-5-14(11-15)18-16(20)12-13-6-4-8-17-13;;/h3,5,7,11,13,17H,4,6,8-10,12H2,1-2H3,(H,18,20);2*1H. The Bertz CT molecular complexity index is 466. The molecule has 1 saturated heterocycles. The Balaban J connectivity index is 0.00000242. The fourth-order valence-corrected chi connectivity index (χ4v) is 2.38. The van der Waals surface area contributed by atoms with E-state index in [1.165, 1.54) is 0 Å². The Labute approximate surface area is 151 Å². The highest BCUT2D eigenvalue weighted by Crippen LogP contribution is 2.18. The van der Waals surface area contributed by atoms with Crippen molar-refractivity contribution in [3.05, 3.63) is 24.3 Å². The van der Waals surface area contributed by atoms with Gasteiger partial charge < -0.3 is 20.3 Å². The predicted molar refractivity (Wildman–Crippen MR) is 99.3 cm³/mol. The first kappa shape index (κ1) is 22.0. The van der Waals surface area contributed by atoms with Crippen LogP contribution in [-0.4, -0.2) is 50.6 Å². The monoisotopic (exact) mass is 363 g/mol. The first-order valence-electron chi connectivity index (χ1n) is 7.54. The van der Waals surface area contributed by atoms with E-state index in [9.17, 15) is 4.79 Å². The second-order valence-electron chi connectivity index (χ2n) is 5.73. The van der Waals surface area contributed by atoms with E-state index in [1.807, 2.05) is 38.4 Å². The Morgan fingerprint density at radius 2 is 2.17 bits per heavy atom. The third-order valence-electron chi connectivity index (χ3n) is 3.52. The van der Waals surface area contributed by atoms with E-state index in [4.69, 9.17) is 4.74 Å². The molecule has 2 rings (SSSR count). The fourth-order valence-electron chi connectivity index (χ4n) is 2.38. The van der Waals surface area contributed by atoms with Crippen molar-refractivity contribution in [1.29, 1.82) is 0 Å². The summed E-state index contributed by atoms with van der Waals surface area (Å²) in [6, 6.07) is 7.89. The highest BCUT2D eigenvalue weighted by Gasteiger charge is 2.17. The largest absolute Gasteiger partial charge is 0.492 e. The van der Waals surface area contributed by atoms with Crippen molar-refractivity contribution < 1.29 is 9.53 Å². The summed E-state index contributed by atoms with van der Waals surface area (Å²) in [5.74, 6) is 0.841. The molecule has 0 saturated carbocycles. The van der Waals surface area contributed by atoms with Crippen LogP contribution in [0.15, 0.2) is 24.3 Å². The van der Waals surface area contributed by atoms with Crippen LogP contribution in [0.1, 0.15) is 19.3 Å². The third kappa shape index (κ3) is 8.42. The van der Waals surface area contributed by atoms with Gasteiger partial charge in [0, 0.05) is 30.8 Å². The number of hydrogen-bond donors (Lipinski definition) is 2. The Hall–Kier alpha value is -1.01. The van der Waals surface area contributed by atoms with Crippen LogP contribution in [0, 0.1) is 0 Å². The summed E-state index contributed by atoms with van der Waals surface area (Å²) in [5.41, 5.74) is 0.792. The minimum absolute atomic E-state index is 0. The molecule has 1 aliphatic heterocycles. The van der Waals surface area contributed by atoms with Gasteiger partial charge in [0.05, 0.1) is 0 Å². The third-order valence-corrected chi connectivity index (χ3v) is 3.52. The molecule has 1 atom stereocenters. The molecule has 1 aromatic rings. The van der Waals surface area contributed by atoms with Crippen molar-refractivity contribution in [3.8, 4) is 5.75 Å². The van der Waals surface area contributed by atoms with Gasteiger partial charge in [-0.15, -0.1) is 24.8 Å². The lowest BCUT2D eigenvalue weighted by atomic mass is 10.1. The number of halogens is 2. The number of anilines is 1. The van der Waals surface area contributed by atoms with Crippen molar-refractivity contribution in [2.45, 2.75) is 25.3 Å². The molecule has 7 heteroatoms. The summed E-state index contributed by atoms with van der Waals surface area (Å²) >= 11 is 0. The zero-order chi connectivity index (χ0) is 15.1. The molecule has 0 bridgehead atoms. The number of nitrogens with one attached hydrogen (secondary N) is 2. The van der Waals surface area contributed by atoms with Gasteiger partial charge in [-0.05, 0) is 45.6 Å². The average Bonchev–Trinajstić information content (AvgIpc) is 2.91. The van der Waals surface area contributed by atoms with Gasteiger partial charge >= 0.3 is 0 Å². The topological polar surface area (TPSA) is 53.6 Å². The molecule has 0 aromatic heterocycles. The van der Waals surface area contributed by atoms with Crippen molar-refractivity contribution in [2.24, 2.45) is 0 Å². The molecule has 0 spiro atoms. The maximum atomic E-state index is 12.0. The molecular weight excluding hydrogens is 337 g/mol. The molecule has 0 aliphatic carbocycles. The van der Waals surface area contributed by atoms with Crippen LogP contribution in [0.25, 0.3) is 0 Å². The maximum absolute atomic E-state index is 12.0. The van der Waals surface area contributed by atoms with E-state index >= 15 is 0 Å². The molecule has 23 heavy (non-hydrogen) atoms. The zero-order valence-electron chi connectivity index (χ0n) is 13.7. The van der Waals surface area contributed by atoms with Gasteiger partial charge in [0.2, 0.25) is 5.91 Å². The van der Waals surface area contributed by atoms with E-state index < -0.39 is 0 Å². The number of amides is 1. The van der Waals surface area contributed by atoms with Crippen molar-refractivity contribution in [2.75, 3.05) is 39.1 Å². The molecule has 2 N–H and O–H groups in total. The number of carbonyl (C=O) groups is 1. The summed E-state index contributed by atoms with van der Waals surface area (Å²) in [5, 5.41) is 6.27. The van der Waals surface area contributed by atoms with E-state index in [2.05, 4.69) is 15.5 Å². The van der Waals surface area contributed by atoms with Gasteiger partial charge in [-0.3, -0.25) is 4.79 Å². The van der Waals surface area contributed by atoms with Crippen molar-refractivity contribution >= 4 is 36.4 Å². The zero-order valence-corrected chi connectivity index (χ0v) is 15.3. The molecule has 1 unspecified atom stereocenters. The van der Waals surface area contributed by atoms with Crippen LogP contribution in [0.4, 0.5) is 5.69 Å². The molecule has 132 valence electrons. The minimum Gasteiger partial charge on any atom is -0.492 e. The number of hydrogen-bond acceptors (Lipinski definition) is 4. The molecule has 1 amide bonds. The maximum Gasteiger partial charge on any atom is 0.225 e. The molecule has 1 fully saturated rings. The van der Waals surface area contributed by atoms with E-state index in [-0.39, 0.29) is 30.7 Å². The highest BCUT2D eigenvalue weighted by molar-refractivity contribution is 5.91. The van der Waals surface area contributed by atoms with Gasteiger partial charge in [0.15, 0.2) is 0 Å². The van der Waals surface area contributed by atoms with Crippen LogP contribution in [-0.2, 0) is 4.79 Å². The fraction of sp³-hybridized carbons (Fsp3) is 0.562. The lowest BCUT2D eigenvalue weighted by Gasteiger charge is -2.13. The molecule has 1 aromatic carbocycles. The molecule has 1 heterocycles. The minimum atomic E-state index is 0. The summed E-state index contributed by atoms with van der Waals surface area (Å²) in [6.45, 7) is 2.52. The van der Waals surface area contributed by atoms with Crippen LogP contribution < -0.4 is 15.4 Å². The van der Waals surface area contributed by atoms with Gasteiger partial charge in [-0.1, -0.05) is 6.07 Å². The van der Waals surface area contributed by atoms with Crippen molar-refractivity contribution in [1.82, 2.24) is 10.2 Å². The molecule has 1 aliphatic rings. The van der Waals surface area contributed by atoms with Crippen LogP contribution in [0.2, 0.25) is 0 Å². The summed E-state index contributed by atoms with van der Waals surface area (Å²) in [7, 11) is 4.02. The number of carbonyl (C=O) groups excluding carboxylic acids is 1. The smallest absolute Gasteiger partial charge is 0.225 e. The number of likely N-dealkylation sites (N-methyl/N-ethyl adjacent to an activating group) is 1. The van der Waals surface area contributed by atoms with Gasteiger partial charge in [-0.2, -0.15) is 0 Å². The van der Waals surface area contributed by atoms with E-state index in [0.29, 0.717) is 19.1 Å². The normalized spacial score (nSPS) is 16.4. The lowest BCUT2D eigenvalue weighted by molar-refractivity contribution is -0.116.